The molecule has 1 fully saturated rings. The Morgan fingerprint density at radius 3 is 2.94 bits per heavy atom. The van der Waals surface area contributed by atoms with Crippen LogP contribution in [0.3, 0.4) is 0 Å². The van der Waals surface area contributed by atoms with Gasteiger partial charge in [0.15, 0.2) is 5.13 Å². The zero-order chi connectivity index (χ0) is 11.8. The summed E-state index contributed by atoms with van der Waals surface area (Å²) in [6.45, 7) is 3.42. The van der Waals surface area contributed by atoms with Gasteiger partial charge < -0.3 is 10.0 Å². The van der Waals surface area contributed by atoms with Crippen molar-refractivity contribution in [3.05, 3.63) is 10.6 Å². The van der Waals surface area contributed by atoms with Crippen molar-refractivity contribution >= 4 is 16.5 Å². The largest absolute Gasteiger partial charge is 0.387 e. The van der Waals surface area contributed by atoms with Crippen LogP contribution >= 0.6 is 11.3 Å². The summed E-state index contributed by atoms with van der Waals surface area (Å²) < 4.78 is 0. The molecular weight excluding hydrogens is 232 g/mol. The summed E-state index contributed by atoms with van der Waals surface area (Å²) in [6.07, 6.45) is 6.66. The lowest BCUT2D eigenvalue weighted by Gasteiger charge is -2.33. The van der Waals surface area contributed by atoms with E-state index in [0.29, 0.717) is 6.04 Å². The summed E-state index contributed by atoms with van der Waals surface area (Å²) >= 11 is 1.80. The number of aliphatic hydroxyl groups is 1. The molecule has 0 bridgehead atoms. The lowest BCUT2D eigenvalue weighted by molar-refractivity contribution is 0.153. The van der Waals surface area contributed by atoms with Crippen LogP contribution in [0, 0.1) is 0 Å². The van der Waals surface area contributed by atoms with E-state index >= 15 is 0 Å². The van der Waals surface area contributed by atoms with E-state index in [0.717, 1.165) is 36.6 Å². The molecule has 3 rings (SSSR count). The maximum atomic E-state index is 9.96. The van der Waals surface area contributed by atoms with Crippen LogP contribution < -0.4 is 4.90 Å². The summed E-state index contributed by atoms with van der Waals surface area (Å²) in [5.74, 6) is 0. The minimum atomic E-state index is -0.316. The number of nitrogens with zero attached hydrogens (tertiary/aromatic N) is 2. The lowest BCUT2D eigenvalue weighted by atomic mass is 10.0. The Morgan fingerprint density at radius 1 is 1.29 bits per heavy atom. The van der Waals surface area contributed by atoms with Crippen molar-refractivity contribution in [1.29, 1.82) is 0 Å². The monoisotopic (exact) mass is 252 g/mol. The molecule has 1 aromatic rings. The summed E-state index contributed by atoms with van der Waals surface area (Å²) in [6, 6.07) is 0.605. The number of hydrogen-bond acceptors (Lipinski definition) is 4. The Balaban J connectivity index is 1.88. The van der Waals surface area contributed by atoms with Crippen molar-refractivity contribution in [2.24, 2.45) is 0 Å². The highest BCUT2D eigenvalue weighted by molar-refractivity contribution is 7.15. The maximum Gasteiger partial charge on any atom is 0.186 e. The van der Waals surface area contributed by atoms with Crippen molar-refractivity contribution < 1.29 is 5.11 Å². The second-order valence-electron chi connectivity index (χ2n) is 5.25. The van der Waals surface area contributed by atoms with E-state index in [2.05, 4.69) is 11.8 Å². The minimum Gasteiger partial charge on any atom is -0.387 e. The normalized spacial score (nSPS) is 29.2. The second kappa shape index (κ2) is 4.58. The van der Waals surface area contributed by atoms with Crippen LogP contribution in [-0.4, -0.2) is 22.7 Å². The number of aromatic nitrogens is 1. The Labute approximate surface area is 106 Å². The number of aliphatic hydroxyl groups excluding tert-OH is 1. The molecule has 1 saturated heterocycles. The zero-order valence-corrected chi connectivity index (χ0v) is 11.2. The SMILES string of the molecule is CC1CCCCN1c1nc2c(s1)CCCC2O. The molecule has 17 heavy (non-hydrogen) atoms. The molecule has 94 valence electrons. The Kier molecular flexibility index (Phi) is 3.09. The fourth-order valence-electron chi connectivity index (χ4n) is 2.89. The lowest BCUT2D eigenvalue weighted by Crippen LogP contribution is -2.37. The molecule has 1 aromatic heterocycles. The molecule has 4 heteroatoms. The van der Waals surface area contributed by atoms with Crippen LogP contribution in [0.2, 0.25) is 0 Å². The van der Waals surface area contributed by atoms with Crippen molar-refractivity contribution in [3.8, 4) is 0 Å². The van der Waals surface area contributed by atoms with Gasteiger partial charge in [-0.05, 0) is 45.4 Å². The number of rotatable bonds is 1. The fraction of sp³-hybridized carbons (Fsp3) is 0.769. The fourth-order valence-corrected chi connectivity index (χ4v) is 4.17. The quantitative estimate of drug-likeness (QED) is 0.835. The smallest absolute Gasteiger partial charge is 0.186 e. The van der Waals surface area contributed by atoms with Crippen molar-refractivity contribution in [1.82, 2.24) is 4.98 Å². The molecule has 0 aromatic carbocycles. The summed E-state index contributed by atoms with van der Waals surface area (Å²) in [7, 11) is 0. The average Bonchev–Trinajstić information content (AvgIpc) is 2.75. The third-order valence-electron chi connectivity index (χ3n) is 3.96. The average molecular weight is 252 g/mol. The first-order valence-electron chi connectivity index (χ1n) is 6.70. The number of fused-ring (bicyclic) bond motifs is 1. The molecule has 2 atom stereocenters. The first kappa shape index (κ1) is 11.5. The molecule has 0 spiro atoms. The highest BCUT2D eigenvalue weighted by Gasteiger charge is 2.27. The Bertz CT molecular complexity index is 404. The van der Waals surface area contributed by atoms with Gasteiger partial charge >= 0.3 is 0 Å². The van der Waals surface area contributed by atoms with Gasteiger partial charge in [0.1, 0.15) is 0 Å². The van der Waals surface area contributed by atoms with Gasteiger partial charge in [-0.1, -0.05) is 0 Å². The molecule has 2 heterocycles. The van der Waals surface area contributed by atoms with E-state index in [-0.39, 0.29) is 6.10 Å². The van der Waals surface area contributed by atoms with Crippen LogP contribution in [-0.2, 0) is 6.42 Å². The standard InChI is InChI=1S/C13H20N2OS/c1-9-5-2-3-8-15(9)13-14-12-10(16)6-4-7-11(12)17-13/h9-10,16H,2-8H2,1H3. The molecule has 2 aliphatic rings. The van der Waals surface area contributed by atoms with Gasteiger partial charge in [0.25, 0.3) is 0 Å². The third-order valence-corrected chi connectivity index (χ3v) is 5.13. The van der Waals surface area contributed by atoms with E-state index in [4.69, 9.17) is 4.98 Å². The zero-order valence-electron chi connectivity index (χ0n) is 10.4. The predicted octanol–water partition coefficient (Wildman–Crippen LogP) is 2.89. The van der Waals surface area contributed by atoms with E-state index in [1.807, 2.05) is 0 Å². The molecule has 2 unspecified atom stereocenters. The number of aryl methyl sites for hydroxylation is 1. The second-order valence-corrected chi connectivity index (χ2v) is 6.31. The van der Waals surface area contributed by atoms with Crippen molar-refractivity contribution in [3.63, 3.8) is 0 Å². The van der Waals surface area contributed by atoms with Crippen LogP contribution in [0.4, 0.5) is 5.13 Å². The molecule has 0 amide bonds. The summed E-state index contributed by atoms with van der Waals surface area (Å²) in [5.41, 5.74) is 0.967. The minimum absolute atomic E-state index is 0.316. The highest BCUT2D eigenvalue weighted by Crippen LogP contribution is 2.38. The topological polar surface area (TPSA) is 36.4 Å². The van der Waals surface area contributed by atoms with Crippen LogP contribution in [0.25, 0.3) is 0 Å². The van der Waals surface area contributed by atoms with E-state index in [9.17, 15) is 5.11 Å². The molecule has 1 aliphatic heterocycles. The first-order chi connectivity index (χ1) is 8.25. The van der Waals surface area contributed by atoms with Crippen LogP contribution in [0.1, 0.15) is 55.7 Å². The predicted molar refractivity (Wildman–Crippen MR) is 70.7 cm³/mol. The van der Waals surface area contributed by atoms with E-state index in [1.165, 1.54) is 24.1 Å². The van der Waals surface area contributed by atoms with Gasteiger partial charge in [-0.2, -0.15) is 0 Å². The van der Waals surface area contributed by atoms with Crippen molar-refractivity contribution in [2.75, 3.05) is 11.4 Å². The Morgan fingerprint density at radius 2 is 2.18 bits per heavy atom. The van der Waals surface area contributed by atoms with Gasteiger partial charge in [0.2, 0.25) is 0 Å². The highest BCUT2D eigenvalue weighted by atomic mass is 32.1. The van der Waals surface area contributed by atoms with Crippen LogP contribution in [0.5, 0.6) is 0 Å². The Hall–Kier alpha value is -0.610. The molecular formula is C13H20N2OS. The van der Waals surface area contributed by atoms with Crippen LogP contribution in [0.15, 0.2) is 0 Å². The van der Waals surface area contributed by atoms with E-state index in [1.54, 1.807) is 11.3 Å². The van der Waals surface area contributed by atoms with E-state index < -0.39 is 0 Å². The number of hydrogen-bond donors (Lipinski definition) is 1. The number of anilines is 1. The van der Waals surface area contributed by atoms with Gasteiger partial charge in [-0.3, -0.25) is 0 Å². The first-order valence-corrected chi connectivity index (χ1v) is 7.51. The van der Waals surface area contributed by atoms with Gasteiger partial charge in [-0.25, -0.2) is 4.98 Å². The molecule has 0 saturated carbocycles. The van der Waals surface area contributed by atoms with Crippen molar-refractivity contribution in [2.45, 2.75) is 57.6 Å². The number of thiazole rings is 1. The van der Waals surface area contributed by atoms with Gasteiger partial charge in [0, 0.05) is 17.5 Å². The summed E-state index contributed by atoms with van der Waals surface area (Å²) in [4.78, 5) is 8.45. The third kappa shape index (κ3) is 2.08. The molecule has 1 aliphatic carbocycles. The molecule has 0 radical (unpaired) electrons. The summed E-state index contributed by atoms with van der Waals surface area (Å²) in [5, 5.41) is 11.1. The molecule has 1 N–H and O–H groups in total. The van der Waals surface area contributed by atoms with Gasteiger partial charge in [-0.15, -0.1) is 11.3 Å². The number of piperidine rings is 1. The molecule has 3 nitrogen and oxygen atoms in total. The van der Waals surface area contributed by atoms with Gasteiger partial charge in [0.05, 0.1) is 11.8 Å². The maximum absolute atomic E-state index is 9.96.